The van der Waals surface area contributed by atoms with E-state index in [2.05, 4.69) is 32.0 Å². The summed E-state index contributed by atoms with van der Waals surface area (Å²) >= 11 is 1.87. The molecule has 6 nitrogen and oxygen atoms in total. The van der Waals surface area contributed by atoms with E-state index in [1.54, 1.807) is 0 Å². The number of aliphatic imine (C=N–C) groups is 1. The monoisotopic (exact) mass is 296 g/mol. The molecule has 1 aromatic heterocycles. The second kappa shape index (κ2) is 7.52. The van der Waals surface area contributed by atoms with Gasteiger partial charge < -0.3 is 10.6 Å². The summed E-state index contributed by atoms with van der Waals surface area (Å²) in [6.07, 6.45) is 5.46. The maximum atomic E-state index is 4.53. The normalized spacial score (nSPS) is 18.8. The average Bonchev–Trinajstić information content (AvgIpc) is 2.83. The Morgan fingerprint density at radius 1 is 1.55 bits per heavy atom. The van der Waals surface area contributed by atoms with E-state index in [1.807, 2.05) is 30.4 Å². The summed E-state index contributed by atoms with van der Waals surface area (Å²) in [7, 11) is 1.81. The molecular formula is C13H24N6S. The molecule has 0 fully saturated rings. The lowest BCUT2D eigenvalue weighted by Gasteiger charge is -2.25. The summed E-state index contributed by atoms with van der Waals surface area (Å²) in [5.74, 6) is 3.89. The number of rotatable bonds is 5. The third-order valence-electron chi connectivity index (χ3n) is 3.33. The minimum atomic E-state index is 0.205. The van der Waals surface area contributed by atoms with Crippen LogP contribution >= 0.6 is 11.8 Å². The first-order valence-electron chi connectivity index (χ1n) is 7.12. The van der Waals surface area contributed by atoms with Crippen LogP contribution in [0.4, 0.5) is 0 Å². The summed E-state index contributed by atoms with van der Waals surface area (Å²) in [5, 5.41) is 11.2. The molecule has 1 atom stereocenters. The van der Waals surface area contributed by atoms with Crippen molar-refractivity contribution in [3.63, 3.8) is 0 Å². The number of hydrogen-bond acceptors (Lipinski definition) is 4. The van der Waals surface area contributed by atoms with Crippen LogP contribution in [0, 0.1) is 6.92 Å². The molecule has 0 amide bonds. The summed E-state index contributed by atoms with van der Waals surface area (Å²) in [6.45, 7) is 3.85. The summed E-state index contributed by atoms with van der Waals surface area (Å²) < 4.78 is 2.01. The van der Waals surface area contributed by atoms with Crippen LogP contribution in [-0.2, 0) is 6.54 Å². The zero-order valence-corrected chi connectivity index (χ0v) is 13.3. The first-order chi connectivity index (χ1) is 9.74. The highest BCUT2D eigenvalue weighted by Crippen LogP contribution is 2.22. The van der Waals surface area contributed by atoms with Crippen LogP contribution in [0.5, 0.6) is 0 Å². The molecule has 1 aliphatic rings. The summed E-state index contributed by atoms with van der Waals surface area (Å²) in [6, 6.07) is 0.205. The number of nitrogens with zero attached hydrogens (tertiary/aromatic N) is 4. The second-order valence-corrected chi connectivity index (χ2v) is 5.91. The van der Waals surface area contributed by atoms with Gasteiger partial charge >= 0.3 is 0 Å². The number of nitrogens with one attached hydrogen (secondary N) is 2. The van der Waals surface area contributed by atoms with E-state index in [-0.39, 0.29) is 6.04 Å². The van der Waals surface area contributed by atoms with E-state index >= 15 is 0 Å². The van der Waals surface area contributed by atoms with Crippen LogP contribution in [0.2, 0.25) is 0 Å². The van der Waals surface area contributed by atoms with Gasteiger partial charge in [-0.2, -0.15) is 16.9 Å². The number of aryl methyl sites for hydroxylation is 2. The molecule has 2 heterocycles. The van der Waals surface area contributed by atoms with Crippen LogP contribution in [-0.4, -0.2) is 46.3 Å². The standard InChI is InChI=1S/C13H24N6S/c1-10-16-12-11(6-4-8-19(12)18-10)17-13(14-2)15-7-5-9-20-3/h11H,4-9H2,1-3H3,(H2,14,15,17). The van der Waals surface area contributed by atoms with Gasteiger partial charge in [0.15, 0.2) is 5.96 Å². The fourth-order valence-corrected chi connectivity index (χ4v) is 2.82. The highest BCUT2D eigenvalue weighted by atomic mass is 32.2. The zero-order chi connectivity index (χ0) is 14.4. The van der Waals surface area contributed by atoms with Gasteiger partial charge in [-0.25, -0.2) is 9.67 Å². The zero-order valence-electron chi connectivity index (χ0n) is 12.5. The second-order valence-electron chi connectivity index (χ2n) is 4.92. The molecule has 20 heavy (non-hydrogen) atoms. The smallest absolute Gasteiger partial charge is 0.191 e. The Labute approximate surface area is 124 Å². The van der Waals surface area contributed by atoms with E-state index < -0.39 is 0 Å². The molecule has 0 radical (unpaired) electrons. The molecule has 2 N–H and O–H groups in total. The number of hydrogen-bond donors (Lipinski definition) is 2. The Kier molecular flexibility index (Phi) is 5.70. The fourth-order valence-electron chi connectivity index (χ4n) is 2.39. The van der Waals surface area contributed by atoms with E-state index in [1.165, 1.54) is 5.75 Å². The van der Waals surface area contributed by atoms with Crippen molar-refractivity contribution in [2.45, 2.75) is 38.8 Å². The molecular weight excluding hydrogens is 272 g/mol. The molecule has 0 aromatic carbocycles. The number of thioether (sulfide) groups is 1. The van der Waals surface area contributed by atoms with Gasteiger partial charge in [0.1, 0.15) is 11.6 Å². The van der Waals surface area contributed by atoms with Gasteiger partial charge in [-0.05, 0) is 38.2 Å². The maximum Gasteiger partial charge on any atom is 0.191 e. The lowest BCUT2D eigenvalue weighted by atomic mass is 10.1. The molecule has 1 aromatic rings. The first kappa shape index (κ1) is 15.2. The molecule has 2 rings (SSSR count). The van der Waals surface area contributed by atoms with E-state index in [0.29, 0.717) is 0 Å². The van der Waals surface area contributed by atoms with Gasteiger partial charge in [0, 0.05) is 20.1 Å². The van der Waals surface area contributed by atoms with Crippen molar-refractivity contribution in [2.24, 2.45) is 4.99 Å². The van der Waals surface area contributed by atoms with Gasteiger partial charge in [0.05, 0.1) is 6.04 Å². The van der Waals surface area contributed by atoms with Crippen LogP contribution < -0.4 is 10.6 Å². The highest BCUT2D eigenvalue weighted by Gasteiger charge is 2.24. The van der Waals surface area contributed by atoms with Crippen molar-refractivity contribution in [3.05, 3.63) is 11.6 Å². The Morgan fingerprint density at radius 3 is 3.15 bits per heavy atom. The molecule has 0 saturated heterocycles. The van der Waals surface area contributed by atoms with Crippen molar-refractivity contribution in [1.29, 1.82) is 0 Å². The average molecular weight is 296 g/mol. The number of fused-ring (bicyclic) bond motifs is 1. The van der Waals surface area contributed by atoms with Crippen LogP contribution in [0.3, 0.4) is 0 Å². The highest BCUT2D eigenvalue weighted by molar-refractivity contribution is 7.98. The Morgan fingerprint density at radius 2 is 2.40 bits per heavy atom. The Balaban J connectivity index is 1.92. The third-order valence-corrected chi connectivity index (χ3v) is 4.03. The van der Waals surface area contributed by atoms with Crippen LogP contribution in [0.15, 0.2) is 4.99 Å². The number of guanidine groups is 1. The Bertz CT molecular complexity index is 456. The third kappa shape index (κ3) is 3.88. The predicted molar refractivity (Wildman–Crippen MR) is 84.2 cm³/mol. The molecule has 112 valence electrons. The van der Waals surface area contributed by atoms with Gasteiger partial charge in [0.2, 0.25) is 0 Å². The van der Waals surface area contributed by atoms with Crippen molar-refractivity contribution < 1.29 is 0 Å². The summed E-state index contributed by atoms with van der Waals surface area (Å²) in [4.78, 5) is 8.82. The van der Waals surface area contributed by atoms with Crippen molar-refractivity contribution >= 4 is 17.7 Å². The fraction of sp³-hybridized carbons (Fsp3) is 0.769. The minimum absolute atomic E-state index is 0.205. The molecule has 0 spiro atoms. The van der Waals surface area contributed by atoms with Crippen molar-refractivity contribution in [2.75, 3.05) is 25.6 Å². The lowest BCUT2D eigenvalue weighted by molar-refractivity contribution is 0.397. The first-order valence-corrected chi connectivity index (χ1v) is 8.51. The molecule has 7 heteroatoms. The van der Waals surface area contributed by atoms with Gasteiger partial charge in [-0.3, -0.25) is 4.99 Å². The minimum Gasteiger partial charge on any atom is -0.356 e. The predicted octanol–water partition coefficient (Wildman–Crippen LogP) is 1.34. The quantitative estimate of drug-likeness (QED) is 0.487. The Hall–Kier alpha value is -1.24. The lowest BCUT2D eigenvalue weighted by Crippen LogP contribution is -2.42. The van der Waals surface area contributed by atoms with E-state index in [9.17, 15) is 0 Å². The maximum absolute atomic E-state index is 4.53. The van der Waals surface area contributed by atoms with Crippen molar-refractivity contribution in [1.82, 2.24) is 25.4 Å². The van der Waals surface area contributed by atoms with Crippen LogP contribution in [0.1, 0.15) is 37.0 Å². The van der Waals surface area contributed by atoms with E-state index in [4.69, 9.17) is 0 Å². The van der Waals surface area contributed by atoms with E-state index in [0.717, 1.165) is 50.0 Å². The largest absolute Gasteiger partial charge is 0.356 e. The topological polar surface area (TPSA) is 67.1 Å². The van der Waals surface area contributed by atoms with Gasteiger partial charge in [-0.15, -0.1) is 0 Å². The van der Waals surface area contributed by atoms with Gasteiger partial charge in [0.25, 0.3) is 0 Å². The van der Waals surface area contributed by atoms with Crippen molar-refractivity contribution in [3.8, 4) is 0 Å². The van der Waals surface area contributed by atoms with Crippen LogP contribution in [0.25, 0.3) is 0 Å². The molecule has 0 saturated carbocycles. The molecule has 1 unspecified atom stereocenters. The molecule has 1 aliphatic heterocycles. The number of aromatic nitrogens is 3. The molecule has 0 bridgehead atoms. The summed E-state index contributed by atoms with van der Waals surface area (Å²) in [5.41, 5.74) is 0. The van der Waals surface area contributed by atoms with Gasteiger partial charge in [-0.1, -0.05) is 0 Å². The molecule has 0 aliphatic carbocycles. The SMILES string of the molecule is CN=C(NCCCSC)NC1CCCn2nc(C)nc21.